The molecule has 7 rings (SSSR count). The molecule has 324 valence electrons. The third-order valence-electron chi connectivity index (χ3n) is 12.3. The number of carbonyl (C=O) groups is 5. The highest BCUT2D eigenvalue weighted by Crippen LogP contribution is 2.45. The number of carbonyl (C=O) groups excluding carboxylic acids is 5. The molecule has 1 aromatic carbocycles. The lowest BCUT2D eigenvalue weighted by molar-refractivity contribution is -0.141. The van der Waals surface area contributed by atoms with Crippen molar-refractivity contribution in [2.24, 2.45) is 5.92 Å². The van der Waals surface area contributed by atoms with E-state index in [1.807, 2.05) is 0 Å². The van der Waals surface area contributed by atoms with Crippen LogP contribution in [0.4, 0.5) is 21.2 Å². The molecule has 1 spiro atoms. The van der Waals surface area contributed by atoms with Crippen molar-refractivity contribution in [2.45, 2.75) is 132 Å². The highest BCUT2D eigenvalue weighted by molar-refractivity contribution is 7.90. The maximum atomic E-state index is 14.6. The van der Waals surface area contributed by atoms with Gasteiger partial charge in [-0.25, -0.2) is 32.7 Å². The maximum absolute atomic E-state index is 14.6. The average Bonchev–Trinajstić information content (AvgIpc) is 3.46. The van der Waals surface area contributed by atoms with Gasteiger partial charge in [-0.05, 0) is 64.0 Å². The number of nitrogen functional groups attached to an aromatic ring is 1. The smallest absolute Gasteiger partial charge is 0.410 e. The van der Waals surface area contributed by atoms with Gasteiger partial charge in [-0.2, -0.15) is 0 Å². The van der Waals surface area contributed by atoms with Crippen LogP contribution in [0.3, 0.4) is 0 Å². The van der Waals surface area contributed by atoms with Crippen LogP contribution < -0.4 is 26.4 Å². The van der Waals surface area contributed by atoms with E-state index in [1.54, 1.807) is 25.1 Å². The van der Waals surface area contributed by atoms with Gasteiger partial charge in [0, 0.05) is 43.1 Å². The molecule has 60 heavy (non-hydrogen) atoms. The van der Waals surface area contributed by atoms with Crippen LogP contribution in [0.1, 0.15) is 94.0 Å². The number of nitrogens with zero attached hydrogens (tertiary/aromatic N) is 4. The van der Waals surface area contributed by atoms with Crippen molar-refractivity contribution >= 4 is 51.6 Å². The fraction of sp³-hybridized carbons (Fsp3) is 0.585. The monoisotopic (exact) mass is 849 g/mol. The molecule has 6 N–H and O–H groups in total. The van der Waals surface area contributed by atoms with Crippen molar-refractivity contribution in [1.29, 1.82) is 0 Å². The lowest BCUT2D eigenvalue weighted by Gasteiger charge is -2.30. The number of fused-ring (bicyclic) bond motifs is 3. The van der Waals surface area contributed by atoms with Crippen LogP contribution in [0.5, 0.6) is 0 Å². The van der Waals surface area contributed by atoms with Gasteiger partial charge in [-0.3, -0.25) is 14.4 Å². The lowest BCUT2D eigenvalue weighted by atomic mass is 10.0. The van der Waals surface area contributed by atoms with Crippen molar-refractivity contribution in [3.8, 4) is 0 Å². The van der Waals surface area contributed by atoms with Gasteiger partial charge < -0.3 is 41.0 Å². The summed E-state index contributed by atoms with van der Waals surface area (Å²) in [5.74, 6) is -2.74. The van der Waals surface area contributed by atoms with Gasteiger partial charge in [0.15, 0.2) is 0 Å². The van der Waals surface area contributed by atoms with Crippen molar-refractivity contribution in [2.75, 3.05) is 30.7 Å². The molecular weight excluding hydrogens is 795 g/mol. The van der Waals surface area contributed by atoms with Gasteiger partial charge in [-0.15, -0.1) is 6.58 Å². The SMILES string of the molecule is C=C[C@@H]1C[C@@]12NC(=O)[C@@H]1C[C@@H](OC(=O)N3CCc4nc(N)nc(C)c4C3)CN1C(=O)[C@@H](NC(=O)OC1CCCC1)CCCCCCCNc1ccccc1S(=O)(=O)NC2=O. The lowest BCUT2D eigenvalue weighted by Crippen LogP contribution is -2.58. The molecule has 1 saturated heterocycles. The number of aromatic nitrogens is 2. The zero-order valence-corrected chi connectivity index (χ0v) is 34.8. The highest BCUT2D eigenvalue weighted by atomic mass is 32.2. The number of hydrogen-bond acceptors (Lipinski definition) is 13. The third kappa shape index (κ3) is 9.45. The van der Waals surface area contributed by atoms with Crippen LogP contribution >= 0.6 is 0 Å². The molecule has 2 aliphatic carbocycles. The number of para-hydroxylation sites is 1. The van der Waals surface area contributed by atoms with Crippen LogP contribution in [0.2, 0.25) is 0 Å². The summed E-state index contributed by atoms with van der Waals surface area (Å²) in [6.45, 7) is 6.36. The van der Waals surface area contributed by atoms with E-state index in [-0.39, 0.29) is 49.3 Å². The molecule has 3 fully saturated rings. The number of ether oxygens (including phenoxy) is 2. The summed E-state index contributed by atoms with van der Waals surface area (Å²) < 4.78 is 41.3. The average molecular weight is 850 g/mol. The van der Waals surface area contributed by atoms with Crippen molar-refractivity contribution < 1.29 is 41.9 Å². The van der Waals surface area contributed by atoms with Crippen molar-refractivity contribution in [3.63, 3.8) is 0 Å². The van der Waals surface area contributed by atoms with Crippen molar-refractivity contribution in [1.82, 2.24) is 35.1 Å². The molecule has 5 atom stereocenters. The number of aryl methyl sites for hydroxylation is 1. The van der Waals surface area contributed by atoms with Gasteiger partial charge in [0.1, 0.15) is 34.7 Å². The molecule has 0 bridgehead atoms. The number of nitrogens with two attached hydrogens (primary N) is 1. The minimum atomic E-state index is -4.41. The Kier molecular flexibility index (Phi) is 12.8. The zero-order valence-electron chi connectivity index (χ0n) is 34.0. The van der Waals surface area contributed by atoms with E-state index in [9.17, 15) is 32.4 Å². The van der Waals surface area contributed by atoms with E-state index >= 15 is 0 Å². The topological polar surface area (TPSA) is 244 Å². The number of anilines is 2. The number of sulfonamides is 1. The fourth-order valence-corrected chi connectivity index (χ4v) is 10.0. The molecule has 4 heterocycles. The Morgan fingerprint density at radius 2 is 1.73 bits per heavy atom. The Morgan fingerprint density at radius 1 is 1.00 bits per heavy atom. The van der Waals surface area contributed by atoms with E-state index in [4.69, 9.17) is 15.2 Å². The summed E-state index contributed by atoms with van der Waals surface area (Å²) in [5, 5.41) is 8.73. The second kappa shape index (κ2) is 18.0. The highest BCUT2D eigenvalue weighted by Gasteiger charge is 2.61. The van der Waals surface area contributed by atoms with Crippen molar-refractivity contribution in [3.05, 3.63) is 53.9 Å². The van der Waals surface area contributed by atoms with E-state index in [0.717, 1.165) is 62.6 Å². The van der Waals surface area contributed by atoms with Crippen LogP contribution in [-0.2, 0) is 46.8 Å². The number of nitrogens with one attached hydrogen (secondary N) is 4. The molecule has 2 aromatic rings. The summed E-state index contributed by atoms with van der Waals surface area (Å²) >= 11 is 0. The van der Waals surface area contributed by atoms with Gasteiger partial charge >= 0.3 is 12.2 Å². The minimum Gasteiger partial charge on any atom is -0.446 e. The van der Waals surface area contributed by atoms with E-state index in [0.29, 0.717) is 37.3 Å². The van der Waals surface area contributed by atoms with E-state index in [1.165, 1.54) is 21.9 Å². The molecule has 0 unspecified atom stereocenters. The second-order valence-electron chi connectivity index (χ2n) is 16.4. The quantitative estimate of drug-likeness (QED) is 0.278. The van der Waals surface area contributed by atoms with Crippen LogP contribution in [0.15, 0.2) is 41.8 Å². The summed E-state index contributed by atoms with van der Waals surface area (Å²) in [5.41, 5.74) is 6.65. The molecule has 5 aliphatic rings. The summed E-state index contributed by atoms with van der Waals surface area (Å²) in [6.07, 6.45) is 6.54. The Bertz CT molecular complexity index is 2110. The molecule has 18 nitrogen and oxygen atoms in total. The number of alkyl carbamates (subject to hydrolysis) is 1. The molecule has 2 saturated carbocycles. The van der Waals surface area contributed by atoms with E-state index in [2.05, 4.69) is 37.2 Å². The normalized spacial score (nSPS) is 27.6. The molecule has 19 heteroatoms. The molecule has 3 aliphatic heterocycles. The van der Waals surface area contributed by atoms with Crippen LogP contribution in [0.25, 0.3) is 0 Å². The molecular formula is C41H55N9O9S. The zero-order chi connectivity index (χ0) is 42.6. The Balaban J connectivity index is 1.16. The van der Waals surface area contributed by atoms with Gasteiger partial charge in [0.05, 0.1) is 24.5 Å². The minimum absolute atomic E-state index is 0.0605. The fourth-order valence-electron chi connectivity index (χ4n) is 8.82. The predicted octanol–water partition coefficient (Wildman–Crippen LogP) is 3.20. The predicted molar refractivity (Wildman–Crippen MR) is 218 cm³/mol. The summed E-state index contributed by atoms with van der Waals surface area (Å²) in [6, 6.07) is 3.97. The number of benzene rings is 1. The first-order chi connectivity index (χ1) is 28.8. The molecule has 5 amide bonds. The Labute approximate surface area is 349 Å². The first kappa shape index (κ1) is 42.7. The molecule has 1 aromatic heterocycles. The van der Waals surface area contributed by atoms with Crippen LogP contribution in [0, 0.1) is 12.8 Å². The Morgan fingerprint density at radius 3 is 2.50 bits per heavy atom. The third-order valence-corrected chi connectivity index (χ3v) is 13.7. The standard InChI is InChI=1S/C41H55N9O9S/c1-3-26-22-41(26)37(53)48-60(56,57)34-17-11-10-15-31(34)43-19-12-6-4-5-7-16-32(46-39(54)58-27-13-8-9-14-27)36(52)50-23-28(21-33(50)35(51)47-41)59-40(55)49-20-18-30-29(24-49)25(2)44-38(42)45-30/h3,10-11,15,17,26-28,32-33,43H,1,4-9,12-14,16,18-24H2,2H3,(H,46,54)(H,47,51)(H,48,53)(H2,42,44,45)/t26-,28-,32+,33+,41-/m1/s1. The van der Waals surface area contributed by atoms with Crippen LogP contribution in [-0.4, -0.2) is 108 Å². The summed E-state index contributed by atoms with van der Waals surface area (Å²) in [4.78, 5) is 81.3. The summed E-state index contributed by atoms with van der Waals surface area (Å²) in [7, 11) is -4.41. The molecule has 0 radical (unpaired) electrons. The maximum Gasteiger partial charge on any atom is 0.410 e. The van der Waals surface area contributed by atoms with Gasteiger partial charge in [0.25, 0.3) is 15.9 Å². The van der Waals surface area contributed by atoms with Gasteiger partial charge in [0.2, 0.25) is 17.8 Å². The van der Waals surface area contributed by atoms with E-state index < -0.39 is 69.6 Å². The largest absolute Gasteiger partial charge is 0.446 e. The number of hydrogen-bond donors (Lipinski definition) is 5. The Hall–Kier alpha value is -5.46. The first-order valence-electron chi connectivity index (χ1n) is 21.0. The first-order valence-corrected chi connectivity index (χ1v) is 22.5. The number of rotatable bonds is 4. The van der Waals surface area contributed by atoms with Gasteiger partial charge in [-0.1, -0.05) is 43.9 Å². The number of amides is 5. The second-order valence-corrected chi connectivity index (χ2v) is 18.1.